The lowest BCUT2D eigenvalue weighted by Crippen LogP contribution is -2.59. The highest BCUT2D eigenvalue weighted by Crippen LogP contribution is 2.39. The second-order valence-electron chi connectivity index (χ2n) is 11.8. The zero-order valence-corrected chi connectivity index (χ0v) is 22.2. The van der Waals surface area contributed by atoms with Gasteiger partial charge in [-0.15, -0.1) is 0 Å². The Kier molecular flexibility index (Phi) is 3.50. The fourth-order valence-corrected chi connectivity index (χ4v) is 8.42. The molecular formula is C33H25BN2Si. The van der Waals surface area contributed by atoms with Crippen molar-refractivity contribution in [2.45, 2.75) is 19.6 Å². The van der Waals surface area contributed by atoms with E-state index in [1.165, 1.54) is 76.6 Å². The van der Waals surface area contributed by atoms with E-state index < -0.39 is 8.07 Å². The SMILES string of the molecule is C[Si](C)(C)c1ccc2c(c1)c1ccc3c4c1n2-c1ccccc1B4c1cccc2c4ccccc4n-3c12. The number of rotatable bonds is 1. The van der Waals surface area contributed by atoms with Crippen LogP contribution in [0.25, 0.3) is 55.0 Å². The minimum Gasteiger partial charge on any atom is -0.310 e. The van der Waals surface area contributed by atoms with Crippen LogP contribution < -0.4 is 21.6 Å². The number of hydrogen-bond acceptors (Lipinski definition) is 0. The highest BCUT2D eigenvalue weighted by atomic mass is 28.3. The van der Waals surface area contributed by atoms with E-state index in [0.717, 1.165) is 0 Å². The Bertz CT molecular complexity index is 2140. The summed E-state index contributed by atoms with van der Waals surface area (Å²) in [6.07, 6.45) is 0. The molecule has 4 heterocycles. The van der Waals surface area contributed by atoms with Crippen LogP contribution in [0, 0.1) is 0 Å². The van der Waals surface area contributed by atoms with E-state index in [9.17, 15) is 0 Å². The van der Waals surface area contributed by atoms with Gasteiger partial charge in [0.1, 0.15) is 0 Å². The van der Waals surface area contributed by atoms with Crippen molar-refractivity contribution < 1.29 is 0 Å². The maximum Gasteiger partial charge on any atom is 0.252 e. The molecule has 0 radical (unpaired) electrons. The van der Waals surface area contributed by atoms with E-state index in [4.69, 9.17) is 0 Å². The van der Waals surface area contributed by atoms with Gasteiger partial charge in [-0.3, -0.25) is 0 Å². The Morgan fingerprint density at radius 2 is 1.24 bits per heavy atom. The topological polar surface area (TPSA) is 9.86 Å². The summed E-state index contributed by atoms with van der Waals surface area (Å²) in [7, 11) is -1.44. The smallest absolute Gasteiger partial charge is 0.252 e. The molecule has 2 nitrogen and oxygen atoms in total. The predicted octanol–water partition coefficient (Wildman–Crippen LogP) is 5.57. The third-order valence-electron chi connectivity index (χ3n) is 8.87. The van der Waals surface area contributed by atoms with Crippen LogP contribution in [-0.2, 0) is 0 Å². The number of para-hydroxylation sites is 3. The Balaban J connectivity index is 1.55. The molecule has 0 aliphatic carbocycles. The van der Waals surface area contributed by atoms with Crippen LogP contribution in [0.4, 0.5) is 0 Å². The van der Waals surface area contributed by atoms with Gasteiger partial charge in [0.25, 0.3) is 6.71 Å². The average Bonchev–Trinajstić information content (AvgIpc) is 3.43. The van der Waals surface area contributed by atoms with E-state index in [1.807, 2.05) is 0 Å². The summed E-state index contributed by atoms with van der Waals surface area (Å²) in [4.78, 5) is 0. The first kappa shape index (κ1) is 20.1. The van der Waals surface area contributed by atoms with Crippen molar-refractivity contribution in [2.24, 2.45) is 0 Å². The normalized spacial score (nSPS) is 13.8. The first-order chi connectivity index (χ1) is 18.0. The first-order valence-electron chi connectivity index (χ1n) is 13.3. The molecule has 0 amide bonds. The second-order valence-corrected chi connectivity index (χ2v) is 16.9. The monoisotopic (exact) mass is 488 g/mol. The largest absolute Gasteiger partial charge is 0.310 e. The van der Waals surface area contributed by atoms with Crippen LogP contribution in [-0.4, -0.2) is 23.9 Å². The second kappa shape index (κ2) is 6.45. The lowest BCUT2D eigenvalue weighted by Gasteiger charge is -2.33. The van der Waals surface area contributed by atoms with E-state index >= 15 is 0 Å². The third kappa shape index (κ3) is 2.29. The fraction of sp³-hybridized carbons (Fsp3) is 0.0909. The van der Waals surface area contributed by atoms with Gasteiger partial charge < -0.3 is 9.13 Å². The molecule has 0 N–H and O–H groups in total. The van der Waals surface area contributed by atoms with Crippen molar-refractivity contribution in [2.75, 3.05) is 0 Å². The minimum atomic E-state index is -1.44. The molecule has 0 atom stereocenters. The zero-order chi connectivity index (χ0) is 24.6. The zero-order valence-electron chi connectivity index (χ0n) is 21.2. The lowest BCUT2D eigenvalue weighted by atomic mass is 9.34. The number of aromatic nitrogens is 2. The summed E-state index contributed by atoms with van der Waals surface area (Å²) < 4.78 is 5.09. The Labute approximate surface area is 216 Å². The van der Waals surface area contributed by atoms with E-state index in [2.05, 4.69) is 126 Å². The molecule has 0 saturated heterocycles. The molecule has 0 saturated carbocycles. The van der Waals surface area contributed by atoms with Gasteiger partial charge in [0.15, 0.2) is 0 Å². The van der Waals surface area contributed by atoms with E-state index in [-0.39, 0.29) is 6.71 Å². The maximum atomic E-state index is 2.56. The molecule has 174 valence electrons. The lowest BCUT2D eigenvalue weighted by molar-refractivity contribution is 1.16. The highest BCUT2D eigenvalue weighted by molar-refractivity contribution is 7.00. The molecule has 0 spiro atoms. The van der Waals surface area contributed by atoms with Crippen molar-refractivity contribution >= 4 is 80.0 Å². The maximum absolute atomic E-state index is 2.56. The number of benzene rings is 5. The predicted molar refractivity (Wildman–Crippen MR) is 163 cm³/mol. The molecule has 0 fully saturated rings. The molecule has 2 aliphatic rings. The molecule has 7 aromatic rings. The summed E-state index contributed by atoms with van der Waals surface area (Å²) in [5.74, 6) is 0. The van der Waals surface area contributed by atoms with Crippen LogP contribution >= 0.6 is 0 Å². The van der Waals surface area contributed by atoms with Crippen LogP contribution in [0.3, 0.4) is 0 Å². The van der Waals surface area contributed by atoms with Crippen LogP contribution in [0.2, 0.25) is 19.6 Å². The van der Waals surface area contributed by atoms with Gasteiger partial charge in [0.05, 0.1) is 24.6 Å². The fourth-order valence-electron chi connectivity index (χ4n) is 7.26. The van der Waals surface area contributed by atoms with Gasteiger partial charge in [-0.2, -0.15) is 0 Å². The average molecular weight is 488 g/mol. The molecule has 5 aromatic carbocycles. The van der Waals surface area contributed by atoms with Gasteiger partial charge in [0, 0.05) is 38.4 Å². The molecule has 2 aliphatic heterocycles. The van der Waals surface area contributed by atoms with Crippen LogP contribution in [0.15, 0.2) is 97.1 Å². The minimum absolute atomic E-state index is 0.226. The van der Waals surface area contributed by atoms with Crippen LogP contribution in [0.5, 0.6) is 0 Å². The quantitative estimate of drug-likeness (QED) is 0.268. The van der Waals surface area contributed by atoms with Crippen molar-refractivity contribution in [3.63, 3.8) is 0 Å². The highest BCUT2D eigenvalue weighted by Gasteiger charge is 2.40. The van der Waals surface area contributed by atoms with Gasteiger partial charge in [0.2, 0.25) is 0 Å². The number of fused-ring (bicyclic) bond motifs is 11. The summed E-state index contributed by atoms with van der Waals surface area (Å²) in [6.45, 7) is 7.55. The van der Waals surface area contributed by atoms with Gasteiger partial charge in [-0.05, 0) is 40.7 Å². The summed E-state index contributed by atoms with van der Waals surface area (Å²) >= 11 is 0. The Morgan fingerprint density at radius 1 is 0.541 bits per heavy atom. The molecule has 4 heteroatoms. The molecule has 0 bridgehead atoms. The molecule has 37 heavy (non-hydrogen) atoms. The molecule has 0 unspecified atom stereocenters. The third-order valence-corrected chi connectivity index (χ3v) is 10.9. The van der Waals surface area contributed by atoms with Gasteiger partial charge >= 0.3 is 0 Å². The number of nitrogens with zero attached hydrogens (tertiary/aromatic N) is 2. The van der Waals surface area contributed by atoms with E-state index in [0.29, 0.717) is 0 Å². The molecule has 2 aromatic heterocycles. The number of hydrogen-bond donors (Lipinski definition) is 0. The Hall–Kier alpha value is -4.02. The van der Waals surface area contributed by atoms with Gasteiger partial charge in [-0.25, -0.2) is 0 Å². The van der Waals surface area contributed by atoms with Crippen molar-refractivity contribution in [1.82, 2.24) is 9.13 Å². The van der Waals surface area contributed by atoms with E-state index in [1.54, 1.807) is 0 Å². The van der Waals surface area contributed by atoms with Crippen LogP contribution in [0.1, 0.15) is 0 Å². The Morgan fingerprint density at radius 3 is 2.14 bits per heavy atom. The standard InChI is InChI=1S/C33H25BN2Si/c1-37(2,3)20-15-17-28-24(19-20)23-16-18-30-31-33(23)35(28)29-14-7-5-11-25(29)34(31)26-12-8-10-22-21-9-4-6-13-27(21)36(30)32(22)26/h4-19H,1-3H3. The molecular weight excluding hydrogens is 463 g/mol. The van der Waals surface area contributed by atoms with Gasteiger partial charge in [-0.1, -0.05) is 97.6 Å². The van der Waals surface area contributed by atoms with Crippen molar-refractivity contribution in [3.8, 4) is 11.4 Å². The summed E-state index contributed by atoms with van der Waals surface area (Å²) in [6, 6.07) is 36.9. The molecule has 9 rings (SSSR count). The summed E-state index contributed by atoms with van der Waals surface area (Å²) in [5, 5.41) is 6.96. The van der Waals surface area contributed by atoms with Crippen molar-refractivity contribution in [1.29, 1.82) is 0 Å². The first-order valence-corrected chi connectivity index (χ1v) is 16.8. The summed E-state index contributed by atoms with van der Waals surface area (Å²) in [5.41, 5.74) is 12.3. The van der Waals surface area contributed by atoms with Crippen molar-refractivity contribution in [3.05, 3.63) is 97.1 Å².